The molecule has 0 bridgehead atoms. The Morgan fingerprint density at radius 3 is 2.33 bits per heavy atom. The van der Waals surface area contributed by atoms with Gasteiger partial charge in [0.1, 0.15) is 11.5 Å². The summed E-state index contributed by atoms with van der Waals surface area (Å²) in [4.78, 5) is 27.8. The van der Waals surface area contributed by atoms with Crippen LogP contribution in [0.15, 0.2) is 69.6 Å². The number of allylic oxidation sites excluding steroid dienone is 1. The van der Waals surface area contributed by atoms with Gasteiger partial charge in [-0.3, -0.25) is 4.90 Å². The maximum Gasteiger partial charge on any atom is 0.355 e. The van der Waals surface area contributed by atoms with E-state index in [9.17, 15) is 14.9 Å². The van der Waals surface area contributed by atoms with Crippen LogP contribution in [0.3, 0.4) is 0 Å². The van der Waals surface area contributed by atoms with Crippen molar-refractivity contribution in [2.24, 2.45) is 5.73 Å². The molecule has 0 radical (unpaired) electrons. The van der Waals surface area contributed by atoms with Gasteiger partial charge in [-0.1, -0.05) is 53.2 Å². The highest BCUT2D eigenvalue weighted by atomic mass is 79.9. The first-order valence-electron chi connectivity index (χ1n) is 10.2. The number of nitrogens with zero attached hydrogens (tertiary/aromatic N) is 2. The Morgan fingerprint density at radius 1 is 1.15 bits per heavy atom. The van der Waals surface area contributed by atoms with Gasteiger partial charge in [0.25, 0.3) is 0 Å². The van der Waals surface area contributed by atoms with Gasteiger partial charge >= 0.3 is 11.9 Å². The molecular formula is C25H24BrN3O4. The van der Waals surface area contributed by atoms with Gasteiger partial charge in [-0.15, -0.1) is 0 Å². The number of hydrogen-bond donors (Lipinski definition) is 1. The van der Waals surface area contributed by atoms with E-state index in [2.05, 4.69) is 22.0 Å². The summed E-state index contributed by atoms with van der Waals surface area (Å²) in [6.07, 6.45) is 0.616. The molecule has 33 heavy (non-hydrogen) atoms. The van der Waals surface area contributed by atoms with Crippen LogP contribution in [0.2, 0.25) is 0 Å². The monoisotopic (exact) mass is 509 g/mol. The van der Waals surface area contributed by atoms with E-state index in [0.717, 1.165) is 15.6 Å². The Hall–Kier alpha value is -3.57. The summed E-state index contributed by atoms with van der Waals surface area (Å²) in [6.45, 7) is 3.84. The highest BCUT2D eigenvalue weighted by Gasteiger charge is 2.43. The summed E-state index contributed by atoms with van der Waals surface area (Å²) >= 11 is 3.50. The van der Waals surface area contributed by atoms with E-state index >= 15 is 0 Å². The number of methoxy groups -OCH3 is 2. The lowest BCUT2D eigenvalue weighted by Crippen LogP contribution is -2.41. The second-order valence-electron chi connectivity index (χ2n) is 7.42. The predicted molar refractivity (Wildman–Crippen MR) is 128 cm³/mol. The van der Waals surface area contributed by atoms with Crippen molar-refractivity contribution in [2.45, 2.75) is 26.2 Å². The third-order valence-corrected chi connectivity index (χ3v) is 6.02. The number of hydrogen-bond acceptors (Lipinski definition) is 7. The van der Waals surface area contributed by atoms with E-state index in [0.29, 0.717) is 17.7 Å². The van der Waals surface area contributed by atoms with Crippen LogP contribution in [0.5, 0.6) is 0 Å². The maximum absolute atomic E-state index is 13.2. The average Bonchev–Trinajstić information content (AvgIpc) is 2.82. The first-order valence-corrected chi connectivity index (χ1v) is 11.0. The van der Waals surface area contributed by atoms with E-state index < -0.39 is 17.9 Å². The van der Waals surface area contributed by atoms with Gasteiger partial charge in [0.2, 0.25) is 0 Å². The van der Waals surface area contributed by atoms with Gasteiger partial charge in [-0.25, -0.2) is 9.59 Å². The normalized spacial score (nSPS) is 15.9. The predicted octanol–water partition coefficient (Wildman–Crippen LogP) is 4.22. The number of halogens is 1. The maximum atomic E-state index is 13.2. The summed E-state index contributed by atoms with van der Waals surface area (Å²) in [5, 5.41) is 10.1. The zero-order valence-electron chi connectivity index (χ0n) is 18.8. The van der Waals surface area contributed by atoms with Crippen LogP contribution in [0.25, 0.3) is 0 Å². The number of carbonyl (C=O) groups is 2. The fourth-order valence-electron chi connectivity index (χ4n) is 4.14. The molecule has 0 spiro atoms. The van der Waals surface area contributed by atoms with Gasteiger partial charge in [-0.2, -0.15) is 5.26 Å². The molecule has 0 saturated heterocycles. The van der Waals surface area contributed by atoms with Crippen molar-refractivity contribution in [2.75, 3.05) is 19.1 Å². The lowest BCUT2D eigenvalue weighted by molar-refractivity contribution is -0.139. The molecule has 2 aromatic rings. The Labute approximate surface area is 201 Å². The second kappa shape index (κ2) is 9.92. The SMILES string of the molecule is CCc1cc(Br)cc(C)c1N1C(N)=C(C#N)C(c2ccccc2)C(C(=O)OC)=C1C(=O)OC. The Balaban J connectivity index is 2.49. The van der Waals surface area contributed by atoms with Crippen molar-refractivity contribution >= 4 is 33.6 Å². The van der Waals surface area contributed by atoms with Gasteiger partial charge in [0.15, 0.2) is 0 Å². The first-order chi connectivity index (χ1) is 15.8. The molecule has 1 atom stereocenters. The van der Waals surface area contributed by atoms with Crippen LogP contribution in [-0.2, 0) is 25.5 Å². The first kappa shape index (κ1) is 24.1. The smallest absolute Gasteiger partial charge is 0.355 e. The second-order valence-corrected chi connectivity index (χ2v) is 8.33. The van der Waals surface area contributed by atoms with Gasteiger partial charge in [0.05, 0.1) is 43.0 Å². The molecule has 0 aliphatic carbocycles. The van der Waals surface area contributed by atoms with Crippen LogP contribution < -0.4 is 10.6 Å². The molecule has 170 valence electrons. The number of esters is 2. The number of anilines is 1. The third kappa shape index (κ3) is 4.24. The molecule has 1 aliphatic heterocycles. The molecule has 0 fully saturated rings. The zero-order chi connectivity index (χ0) is 24.3. The minimum Gasteiger partial charge on any atom is -0.466 e. The molecule has 7 nitrogen and oxygen atoms in total. The number of nitrogens with two attached hydrogens (primary N) is 1. The molecule has 8 heteroatoms. The number of carbonyl (C=O) groups excluding carboxylic acids is 2. The summed E-state index contributed by atoms with van der Waals surface area (Å²) in [5.41, 5.74) is 9.54. The number of rotatable bonds is 5. The minimum absolute atomic E-state index is 0.00864. The Morgan fingerprint density at radius 2 is 1.79 bits per heavy atom. The average molecular weight is 510 g/mol. The van der Waals surface area contributed by atoms with Gasteiger partial charge in [0, 0.05) is 4.47 Å². The molecule has 1 aliphatic rings. The molecule has 2 N–H and O–H groups in total. The summed E-state index contributed by atoms with van der Waals surface area (Å²) < 4.78 is 11.0. The van der Waals surface area contributed by atoms with Crippen LogP contribution in [0, 0.1) is 18.3 Å². The van der Waals surface area contributed by atoms with Crippen molar-refractivity contribution in [3.63, 3.8) is 0 Å². The lowest BCUT2D eigenvalue weighted by atomic mass is 9.80. The topological polar surface area (TPSA) is 106 Å². The molecule has 0 amide bonds. The fourth-order valence-corrected chi connectivity index (χ4v) is 4.76. The quantitative estimate of drug-likeness (QED) is 0.601. The molecule has 0 aromatic heterocycles. The van der Waals surface area contributed by atoms with Gasteiger partial charge < -0.3 is 15.2 Å². The highest BCUT2D eigenvalue weighted by molar-refractivity contribution is 9.10. The van der Waals surface area contributed by atoms with Crippen molar-refractivity contribution in [1.29, 1.82) is 5.26 Å². The van der Waals surface area contributed by atoms with Crippen molar-refractivity contribution in [1.82, 2.24) is 0 Å². The van der Waals surface area contributed by atoms with Crippen LogP contribution >= 0.6 is 15.9 Å². The van der Waals surface area contributed by atoms with E-state index in [4.69, 9.17) is 15.2 Å². The van der Waals surface area contributed by atoms with E-state index in [-0.39, 0.29) is 22.7 Å². The highest BCUT2D eigenvalue weighted by Crippen LogP contribution is 2.45. The number of benzene rings is 2. The summed E-state index contributed by atoms with van der Waals surface area (Å²) in [5.74, 6) is -2.35. The van der Waals surface area contributed by atoms with Gasteiger partial charge in [-0.05, 0) is 42.2 Å². The molecule has 2 aromatic carbocycles. The zero-order valence-corrected chi connectivity index (χ0v) is 20.4. The van der Waals surface area contributed by atoms with Crippen molar-refractivity contribution in [3.05, 3.63) is 86.3 Å². The molecule has 1 unspecified atom stereocenters. The number of nitriles is 1. The van der Waals surface area contributed by atoms with E-state index in [1.807, 2.05) is 32.0 Å². The molecule has 0 saturated carbocycles. The van der Waals surface area contributed by atoms with Crippen LogP contribution in [0.4, 0.5) is 5.69 Å². The van der Waals surface area contributed by atoms with Crippen LogP contribution in [0.1, 0.15) is 29.5 Å². The molecule has 1 heterocycles. The van der Waals surface area contributed by atoms with Crippen LogP contribution in [-0.4, -0.2) is 26.2 Å². The lowest BCUT2D eigenvalue weighted by Gasteiger charge is -2.37. The molecule has 3 rings (SSSR count). The third-order valence-electron chi connectivity index (χ3n) is 5.56. The fraction of sp³-hybridized carbons (Fsp3) is 0.240. The minimum atomic E-state index is -0.894. The van der Waals surface area contributed by atoms with E-state index in [1.54, 1.807) is 24.3 Å². The van der Waals surface area contributed by atoms with Crippen molar-refractivity contribution < 1.29 is 19.1 Å². The Kier molecular flexibility index (Phi) is 7.24. The number of aryl methyl sites for hydroxylation is 2. The van der Waals surface area contributed by atoms with E-state index in [1.165, 1.54) is 19.1 Å². The molecular weight excluding hydrogens is 486 g/mol. The summed E-state index contributed by atoms with van der Waals surface area (Å²) in [7, 11) is 2.46. The largest absolute Gasteiger partial charge is 0.466 e. The standard InChI is InChI=1S/C25H24BrN3O4/c1-5-15-12-17(26)11-14(2)21(15)29-22(25(31)33-4)20(24(30)32-3)19(18(13-27)23(29)28)16-9-7-6-8-10-16/h6-12,19H,5,28H2,1-4H3. The number of ether oxygens (including phenoxy) is 2. The Bertz CT molecular complexity index is 1210. The summed E-state index contributed by atoms with van der Waals surface area (Å²) in [6, 6.07) is 14.9. The van der Waals surface area contributed by atoms with Crippen molar-refractivity contribution in [3.8, 4) is 6.07 Å².